The first kappa shape index (κ1) is 15.8. The SMILES string of the molecule is Cc1ccccc1N/N=C\c1ccc(-c2ccc3c(c2)C(=O)NC3=O)o1. The molecule has 0 saturated carbocycles. The molecule has 0 radical (unpaired) electrons. The summed E-state index contributed by atoms with van der Waals surface area (Å²) < 4.78 is 5.75. The summed E-state index contributed by atoms with van der Waals surface area (Å²) in [4.78, 5) is 23.4. The summed E-state index contributed by atoms with van der Waals surface area (Å²) in [6.45, 7) is 2.00. The molecule has 1 aromatic heterocycles. The third kappa shape index (κ3) is 2.88. The van der Waals surface area contributed by atoms with E-state index in [9.17, 15) is 9.59 Å². The largest absolute Gasteiger partial charge is 0.455 e. The van der Waals surface area contributed by atoms with E-state index in [0.717, 1.165) is 16.8 Å². The summed E-state index contributed by atoms with van der Waals surface area (Å²) in [5, 5.41) is 6.46. The number of amides is 2. The molecule has 0 saturated heterocycles. The van der Waals surface area contributed by atoms with Crippen molar-refractivity contribution in [3.63, 3.8) is 0 Å². The number of anilines is 1. The van der Waals surface area contributed by atoms with Crippen molar-refractivity contribution in [3.8, 4) is 11.3 Å². The van der Waals surface area contributed by atoms with E-state index in [1.54, 1.807) is 36.5 Å². The number of carbonyl (C=O) groups is 2. The van der Waals surface area contributed by atoms with Gasteiger partial charge < -0.3 is 4.42 Å². The van der Waals surface area contributed by atoms with Gasteiger partial charge in [-0.1, -0.05) is 24.3 Å². The van der Waals surface area contributed by atoms with E-state index < -0.39 is 0 Å². The van der Waals surface area contributed by atoms with Gasteiger partial charge in [-0.05, 0) is 42.8 Å². The molecule has 2 aromatic carbocycles. The number of aryl methyl sites for hydroxylation is 1. The van der Waals surface area contributed by atoms with E-state index in [4.69, 9.17) is 4.42 Å². The highest BCUT2D eigenvalue weighted by atomic mass is 16.3. The Balaban J connectivity index is 1.53. The maximum Gasteiger partial charge on any atom is 0.258 e. The molecule has 0 atom stereocenters. The van der Waals surface area contributed by atoms with Crippen LogP contribution in [0, 0.1) is 6.92 Å². The predicted octanol–water partition coefficient (Wildman–Crippen LogP) is 3.58. The lowest BCUT2D eigenvalue weighted by Crippen LogP contribution is -2.19. The number of nitrogens with one attached hydrogen (secondary N) is 2. The van der Waals surface area contributed by atoms with E-state index in [1.807, 2.05) is 31.2 Å². The molecule has 0 bridgehead atoms. The molecule has 6 heteroatoms. The van der Waals surface area contributed by atoms with Gasteiger partial charge in [0.2, 0.25) is 0 Å². The molecule has 0 unspecified atom stereocenters. The molecule has 128 valence electrons. The molecular formula is C20H15N3O3. The van der Waals surface area contributed by atoms with Crippen LogP contribution in [0.2, 0.25) is 0 Å². The van der Waals surface area contributed by atoms with Gasteiger partial charge in [0.05, 0.1) is 23.0 Å². The fraction of sp³-hybridized carbons (Fsp3) is 0.0500. The van der Waals surface area contributed by atoms with E-state index >= 15 is 0 Å². The molecule has 2 heterocycles. The van der Waals surface area contributed by atoms with E-state index in [-0.39, 0.29) is 11.8 Å². The van der Waals surface area contributed by atoms with Gasteiger partial charge in [0, 0.05) is 5.56 Å². The second-order valence-corrected chi connectivity index (χ2v) is 5.93. The molecule has 6 nitrogen and oxygen atoms in total. The molecule has 2 amide bonds. The van der Waals surface area contributed by atoms with Crippen molar-refractivity contribution in [1.29, 1.82) is 0 Å². The van der Waals surface area contributed by atoms with Crippen LogP contribution in [0.15, 0.2) is 64.1 Å². The Kier molecular flexibility index (Phi) is 3.85. The molecular weight excluding hydrogens is 330 g/mol. The first-order valence-corrected chi connectivity index (χ1v) is 8.06. The molecule has 3 aromatic rings. The molecule has 0 fully saturated rings. The minimum atomic E-state index is -0.386. The number of benzene rings is 2. The fourth-order valence-corrected chi connectivity index (χ4v) is 2.76. The van der Waals surface area contributed by atoms with Crippen LogP contribution in [0.5, 0.6) is 0 Å². The number of furan rings is 1. The number of imide groups is 1. The molecule has 1 aliphatic rings. The lowest BCUT2D eigenvalue weighted by atomic mass is 10.0. The molecule has 26 heavy (non-hydrogen) atoms. The zero-order valence-corrected chi connectivity index (χ0v) is 13.9. The number of hydrogen-bond donors (Lipinski definition) is 2. The van der Waals surface area contributed by atoms with Crippen molar-refractivity contribution < 1.29 is 14.0 Å². The third-order valence-corrected chi connectivity index (χ3v) is 4.17. The van der Waals surface area contributed by atoms with Crippen LogP contribution in [-0.4, -0.2) is 18.0 Å². The Hall–Kier alpha value is -3.67. The maximum atomic E-state index is 11.8. The number of hydrazone groups is 1. The van der Waals surface area contributed by atoms with E-state index in [1.165, 1.54) is 0 Å². The van der Waals surface area contributed by atoms with Crippen LogP contribution in [0.1, 0.15) is 32.0 Å². The van der Waals surface area contributed by atoms with E-state index in [2.05, 4.69) is 15.8 Å². The number of hydrogen-bond acceptors (Lipinski definition) is 5. The van der Waals surface area contributed by atoms with Crippen molar-refractivity contribution in [1.82, 2.24) is 5.32 Å². The molecule has 1 aliphatic heterocycles. The van der Waals surface area contributed by atoms with Gasteiger partial charge >= 0.3 is 0 Å². The van der Waals surface area contributed by atoms with Crippen molar-refractivity contribution in [3.05, 3.63) is 77.0 Å². The van der Waals surface area contributed by atoms with Crippen LogP contribution in [-0.2, 0) is 0 Å². The number of carbonyl (C=O) groups excluding carboxylic acids is 2. The Morgan fingerprint density at radius 3 is 2.65 bits per heavy atom. The lowest BCUT2D eigenvalue weighted by Gasteiger charge is -2.02. The molecule has 0 aliphatic carbocycles. The van der Waals surface area contributed by atoms with Gasteiger partial charge in [0.1, 0.15) is 11.5 Å². The van der Waals surface area contributed by atoms with Gasteiger partial charge in [-0.3, -0.25) is 20.3 Å². The Labute approximate surface area is 149 Å². The van der Waals surface area contributed by atoms with Crippen LogP contribution in [0.3, 0.4) is 0 Å². The Morgan fingerprint density at radius 2 is 1.81 bits per heavy atom. The summed E-state index contributed by atoms with van der Waals surface area (Å²) in [7, 11) is 0. The second-order valence-electron chi connectivity index (χ2n) is 5.93. The Bertz CT molecular complexity index is 1050. The molecule has 0 spiro atoms. The summed E-state index contributed by atoms with van der Waals surface area (Å²) in [5.41, 5.74) is 6.46. The smallest absolute Gasteiger partial charge is 0.258 e. The highest BCUT2D eigenvalue weighted by Crippen LogP contribution is 2.26. The third-order valence-electron chi connectivity index (χ3n) is 4.17. The van der Waals surface area contributed by atoms with E-state index in [0.29, 0.717) is 22.6 Å². The van der Waals surface area contributed by atoms with Crippen molar-refractivity contribution in [2.75, 3.05) is 5.43 Å². The topological polar surface area (TPSA) is 83.7 Å². The number of rotatable bonds is 4. The van der Waals surface area contributed by atoms with Crippen molar-refractivity contribution >= 4 is 23.7 Å². The minimum Gasteiger partial charge on any atom is -0.455 e. The van der Waals surface area contributed by atoms with Gasteiger partial charge in [-0.2, -0.15) is 5.10 Å². The van der Waals surface area contributed by atoms with Gasteiger partial charge in [0.15, 0.2) is 0 Å². The quantitative estimate of drug-likeness (QED) is 0.430. The zero-order chi connectivity index (χ0) is 18.1. The number of para-hydroxylation sites is 1. The first-order chi connectivity index (χ1) is 12.6. The standard InChI is InChI=1S/C20H15N3O3/c1-12-4-2-3-5-17(12)23-21-11-14-7-9-18(26-14)13-6-8-15-16(10-13)20(25)22-19(15)24/h2-11,23H,1H3,(H,22,24,25)/b21-11-. The molecule has 4 rings (SSSR count). The summed E-state index contributed by atoms with van der Waals surface area (Å²) in [6.07, 6.45) is 1.58. The van der Waals surface area contributed by atoms with Crippen LogP contribution in [0.25, 0.3) is 11.3 Å². The second kappa shape index (κ2) is 6.33. The molecule has 2 N–H and O–H groups in total. The average molecular weight is 345 g/mol. The highest BCUT2D eigenvalue weighted by Gasteiger charge is 2.27. The van der Waals surface area contributed by atoms with Crippen LogP contribution < -0.4 is 10.7 Å². The first-order valence-electron chi connectivity index (χ1n) is 8.06. The number of fused-ring (bicyclic) bond motifs is 1. The fourth-order valence-electron chi connectivity index (χ4n) is 2.76. The minimum absolute atomic E-state index is 0.361. The lowest BCUT2D eigenvalue weighted by molar-refractivity contribution is 0.0879. The summed E-state index contributed by atoms with van der Waals surface area (Å²) >= 11 is 0. The number of nitrogens with zero attached hydrogens (tertiary/aromatic N) is 1. The normalized spacial score (nSPS) is 13.1. The van der Waals surface area contributed by atoms with Gasteiger partial charge in [-0.15, -0.1) is 0 Å². The van der Waals surface area contributed by atoms with Gasteiger partial charge in [-0.25, -0.2) is 0 Å². The van der Waals surface area contributed by atoms with Crippen LogP contribution >= 0.6 is 0 Å². The zero-order valence-electron chi connectivity index (χ0n) is 13.9. The van der Waals surface area contributed by atoms with Crippen molar-refractivity contribution in [2.24, 2.45) is 5.10 Å². The monoisotopic (exact) mass is 345 g/mol. The summed E-state index contributed by atoms with van der Waals surface area (Å²) in [5.74, 6) is 0.410. The highest BCUT2D eigenvalue weighted by molar-refractivity contribution is 6.21. The van der Waals surface area contributed by atoms with Gasteiger partial charge in [0.25, 0.3) is 11.8 Å². The van der Waals surface area contributed by atoms with Crippen molar-refractivity contribution in [2.45, 2.75) is 6.92 Å². The average Bonchev–Trinajstić information content (AvgIpc) is 3.22. The maximum absolute atomic E-state index is 11.8. The predicted molar refractivity (Wildman–Crippen MR) is 98.3 cm³/mol. The Morgan fingerprint density at radius 1 is 1.00 bits per heavy atom. The summed E-state index contributed by atoms with van der Waals surface area (Å²) in [6, 6.07) is 16.5. The van der Waals surface area contributed by atoms with Crippen LogP contribution in [0.4, 0.5) is 5.69 Å².